The number of carbonyl (C=O) groups excluding carboxylic acids is 2. The fourth-order valence-electron chi connectivity index (χ4n) is 12.8. The van der Waals surface area contributed by atoms with E-state index in [1.54, 1.807) is 116 Å². The second-order valence-electron chi connectivity index (χ2n) is 27.6. The van der Waals surface area contributed by atoms with Crippen molar-refractivity contribution in [2.45, 2.75) is 124 Å². The Labute approximate surface area is 874 Å². The Morgan fingerprint density at radius 3 is 1.28 bits per heavy atom. The summed E-state index contributed by atoms with van der Waals surface area (Å²) in [6, 6.07) is 40.9. The van der Waals surface area contributed by atoms with Gasteiger partial charge in [-0.25, -0.2) is 38.7 Å². The first-order chi connectivity index (χ1) is 60.1. The van der Waals surface area contributed by atoms with Crippen LogP contribution in [-0.4, -0.2) is 236 Å². The number of rotatable bonds is 23. The molecule has 0 spiro atoms. The molecule has 0 saturated heterocycles. The van der Waals surface area contributed by atoms with Crippen LogP contribution in [-0.2, 0) is 67.3 Å². The van der Waals surface area contributed by atoms with Gasteiger partial charge in [-0.3, -0.25) is 52.1 Å². The summed E-state index contributed by atoms with van der Waals surface area (Å²) in [7, 11) is 3.63. The number of amides is 1. The van der Waals surface area contributed by atoms with E-state index < -0.39 is 70.3 Å². The minimum absolute atomic E-state index is 0. The molecular formula is C86H87BrClF8K5N18O8. The summed E-state index contributed by atoms with van der Waals surface area (Å²) in [5.41, 5.74) is 10.8. The van der Waals surface area contributed by atoms with Crippen LogP contribution in [0.15, 0.2) is 197 Å². The van der Waals surface area contributed by atoms with Crippen molar-refractivity contribution in [2.75, 3.05) is 19.8 Å². The Kier molecular flexibility index (Phi) is 45.6. The third kappa shape index (κ3) is 30.7. The molecule has 1 amide bonds. The number of hydrogen-bond donors (Lipinski definition) is 3. The fourth-order valence-corrected chi connectivity index (χ4v) is 13.3. The molecule has 5 aromatic carbocycles. The van der Waals surface area contributed by atoms with Crippen LogP contribution in [0.4, 0.5) is 35.1 Å². The van der Waals surface area contributed by atoms with Crippen LogP contribution in [0.1, 0.15) is 135 Å². The molecule has 0 aliphatic carbocycles. The van der Waals surface area contributed by atoms with Crippen molar-refractivity contribution in [2.24, 2.45) is 19.8 Å². The summed E-state index contributed by atoms with van der Waals surface area (Å²) in [6.45, 7) is 19.1. The van der Waals surface area contributed by atoms with Gasteiger partial charge in [0.15, 0.2) is 16.9 Å². The first-order valence-electron chi connectivity index (χ1n) is 40.2. The van der Waals surface area contributed by atoms with Gasteiger partial charge in [0.2, 0.25) is 11.1 Å². The van der Waals surface area contributed by atoms with Crippen molar-refractivity contribution in [3.8, 4) is 34.3 Å². The molecule has 9 heterocycles. The van der Waals surface area contributed by atoms with Crippen LogP contribution in [0.25, 0.3) is 50.2 Å². The van der Waals surface area contributed by atoms with Crippen molar-refractivity contribution >= 4 is 198 Å². The van der Waals surface area contributed by atoms with Gasteiger partial charge in [-0.05, 0) is 237 Å². The van der Waals surface area contributed by atoms with E-state index in [-0.39, 0.29) is 111 Å². The zero-order valence-corrected chi connectivity index (χ0v) is 91.0. The molecule has 0 fully saturated rings. The normalized spacial score (nSPS) is 11.7. The van der Waals surface area contributed by atoms with Crippen LogP contribution >= 0.6 is 27.5 Å². The summed E-state index contributed by atoms with van der Waals surface area (Å²) in [6.07, 6.45) is -5.77. The molecule has 0 aliphatic heterocycles. The summed E-state index contributed by atoms with van der Waals surface area (Å²) in [4.78, 5) is 92.7. The number of alkyl halides is 7. The van der Waals surface area contributed by atoms with E-state index in [1.165, 1.54) is 147 Å². The number of nitrogens with zero attached hydrogens (tertiary/aromatic N) is 15. The molecule has 4 N–H and O–H groups in total. The van der Waals surface area contributed by atoms with E-state index >= 15 is 0 Å². The van der Waals surface area contributed by atoms with Gasteiger partial charge in [0.25, 0.3) is 16.7 Å². The Balaban J connectivity index is 0.000000265. The fraction of sp³-hybridized carbons (Fsp3) is 0.279. The van der Waals surface area contributed by atoms with Crippen LogP contribution in [0.5, 0.6) is 17.2 Å². The molecule has 644 valence electrons. The van der Waals surface area contributed by atoms with E-state index in [1.807, 2.05) is 114 Å². The summed E-state index contributed by atoms with van der Waals surface area (Å²) in [5, 5.41) is 20.2. The molecule has 0 aliphatic rings. The summed E-state index contributed by atoms with van der Waals surface area (Å²) < 4.78 is 128. The van der Waals surface area contributed by atoms with Gasteiger partial charge < -0.3 is 31.6 Å². The van der Waals surface area contributed by atoms with E-state index in [9.17, 15) is 59.1 Å². The van der Waals surface area contributed by atoms with Crippen LogP contribution in [0.2, 0.25) is 0 Å². The van der Waals surface area contributed by atoms with Gasteiger partial charge in [0.1, 0.15) is 46.4 Å². The van der Waals surface area contributed by atoms with Gasteiger partial charge in [0.05, 0.1) is 124 Å². The molecule has 14 aromatic rings. The monoisotopic (exact) mass is 1960 g/mol. The predicted molar refractivity (Wildman–Crippen MR) is 473 cm³/mol. The number of fused-ring (bicyclic) bond motifs is 3. The average molecular weight is 1960 g/mol. The first-order valence-corrected chi connectivity index (χ1v) is 73.7. The quantitative estimate of drug-likeness (QED) is 0.0232. The number of H-pyrrole nitrogens is 1. The number of pyridine rings is 3. The van der Waals surface area contributed by atoms with Crippen LogP contribution in [0.3, 0.4) is 0 Å². The van der Waals surface area contributed by atoms with Crippen molar-refractivity contribution in [3.05, 3.63) is 299 Å². The summed E-state index contributed by atoms with van der Waals surface area (Å²) >= 11 is 13.3. The Hall–Kier alpha value is -4.55. The molecule has 14 rings (SSSR count). The molecule has 41 heteroatoms. The Morgan fingerprint density at radius 1 is 0.559 bits per heavy atom. The van der Waals surface area contributed by atoms with Crippen molar-refractivity contribution in [3.63, 3.8) is 0 Å². The molecule has 26 nitrogen and oxygen atoms in total. The SMILES string of the molecule is CCOc1ccc(-n2c(C(C)N(Cc3cc(C)nn3C)C(=O)Cc3ccc(F)c(C(F)(F)F)c3)nc3ncccc3c2=O)cc1.CCOc1ccc(-n2c(C(C)N)nc3ncccc3c2=O)cc1.CCOc1ccc(-n2c(C(C)NCc3cc(C)nn3C)nc3ncccc3c2=O)cc1.Cc1cc(CBr)n[nH]1.O=C(Cl)Cc1ccc(F)c(C(F)(F)F)c1.[H-].[K+].[K][K].[K][K]. The number of nitrogens with one attached hydrogen (secondary N) is 2. The maximum atomic E-state index is 14.0. The second kappa shape index (κ2) is 52.9. The number of benzene rings is 5. The number of hydrogen-bond acceptors (Lipinski definition) is 19. The van der Waals surface area contributed by atoms with E-state index in [0.717, 1.165) is 57.4 Å². The number of nitrogens with two attached hydrogens (primary N) is 1. The summed E-state index contributed by atoms with van der Waals surface area (Å²) in [5.74, 6) is -0.0110. The molecule has 0 saturated carbocycles. The van der Waals surface area contributed by atoms with Crippen LogP contribution in [0, 0.1) is 32.4 Å². The van der Waals surface area contributed by atoms with Crippen molar-refractivity contribution < 1.29 is 112 Å². The van der Waals surface area contributed by atoms with Gasteiger partial charge in [-0.2, -0.15) is 41.6 Å². The van der Waals surface area contributed by atoms with Gasteiger partial charge in [-0.1, -0.05) is 28.1 Å². The topological polar surface area (TPSA) is 311 Å². The molecule has 0 bridgehead atoms. The number of aromatic nitrogens is 15. The van der Waals surface area contributed by atoms with E-state index in [0.29, 0.717) is 113 Å². The third-order valence-corrected chi connectivity index (χ3v) is 19.3. The first kappa shape index (κ1) is 109. The average Bonchev–Trinajstić information content (AvgIpc) is 0.807. The maximum absolute atomic E-state index is 14.0. The number of aromatic amines is 1. The molecule has 3 atom stereocenters. The molecule has 0 radical (unpaired) electrons. The zero-order chi connectivity index (χ0) is 92.4. The van der Waals surface area contributed by atoms with Crippen LogP contribution < -0.4 is 93.3 Å². The third-order valence-electron chi connectivity index (χ3n) is 18.6. The number of halogens is 10. The van der Waals surface area contributed by atoms with E-state index in [2.05, 4.69) is 61.6 Å². The molecule has 3 unspecified atom stereocenters. The van der Waals surface area contributed by atoms with Crippen molar-refractivity contribution in [1.82, 2.24) is 83.6 Å². The van der Waals surface area contributed by atoms with Gasteiger partial charge in [0, 0.05) is 56.7 Å². The van der Waals surface area contributed by atoms with E-state index in [4.69, 9.17) is 41.5 Å². The zero-order valence-electron chi connectivity index (χ0n) is 74.0. The Bertz CT molecular complexity index is 6220. The standard InChI is InChI=1S/C32H30F4N6O3.C23H26N6O2.C17H18N4O2.C9H5ClF4O.C5H7BrN2.5K.H/c1-5-45-24-11-9-22(10-12-24)42-30(38-29-25(31(42)44)7-6-14-37-29)20(3)41(18-23-15-19(2)39-40(23)4)28(43)17-21-8-13-27(33)26(16-21)32(34,35)36;1-5-31-19-10-8-17(9-11-19)29-22(26-21-20(23(29)30)7-6-12-24-21)16(3)25-14-18-13-15(2)27-28(18)4;1-3-23-13-8-6-12(7-9-13)21-16(11(2)18)20-15-14(17(21)22)5-4-10-19-15;10-8(15)4-5-1-2-7(11)6(3-5)9(12,13)14;1-4-2-5(3-6)8-7-4;;;;;;/h6-16,20H,5,17-18H2,1-4H3;6-13,16,25H,5,14H2,1-4H3;4-11H,3,18H2,1-2H3;1-3H,4H2;2H,3H2,1H3,(H,7,8);;;;;;/q;;;;;;;;;+1;-1. The van der Waals surface area contributed by atoms with Gasteiger partial charge >= 0.3 is 190 Å². The van der Waals surface area contributed by atoms with Gasteiger partial charge in [-0.15, -0.1) is 0 Å². The van der Waals surface area contributed by atoms with Crippen molar-refractivity contribution in [1.29, 1.82) is 0 Å². The molecular weight excluding hydrogens is 1880 g/mol. The molecule has 9 aromatic heterocycles. The second-order valence-corrected chi connectivity index (χ2v) is 28.6. The minimum atomic E-state index is -4.93. The number of carbonyl (C=O) groups is 2. The number of ether oxygens (including phenoxy) is 3. The molecule has 127 heavy (non-hydrogen) atoms. The number of aryl methyl sites for hydroxylation is 5. The predicted octanol–water partition coefficient (Wildman–Crippen LogP) is 11.3. The Morgan fingerprint density at radius 2 is 0.937 bits per heavy atom.